The van der Waals surface area contributed by atoms with E-state index in [2.05, 4.69) is 27.4 Å². The van der Waals surface area contributed by atoms with Crippen molar-refractivity contribution in [1.82, 2.24) is 0 Å². The van der Waals surface area contributed by atoms with Crippen LogP contribution in [0.2, 0.25) is 0 Å². The Hall–Kier alpha value is -0.790. The summed E-state index contributed by atoms with van der Waals surface area (Å²) in [4.78, 5) is 11.0. The third-order valence-corrected chi connectivity index (χ3v) is 2.32. The molecule has 0 bridgehead atoms. The molecule has 0 aromatic heterocycles. The Morgan fingerprint density at radius 1 is 1.46 bits per heavy atom. The summed E-state index contributed by atoms with van der Waals surface area (Å²) in [7, 11) is 0. The molecule has 0 unspecified atom stereocenters. The maximum Gasteiger partial charge on any atom is 0.333 e. The van der Waals surface area contributed by atoms with Crippen LogP contribution in [0, 0.1) is 5.41 Å². The first-order valence-corrected chi connectivity index (χ1v) is 4.71. The van der Waals surface area contributed by atoms with Crippen LogP contribution in [0.15, 0.2) is 12.2 Å². The summed E-state index contributed by atoms with van der Waals surface area (Å²) in [5.41, 5.74) is 0.726. The minimum absolute atomic E-state index is 0.259. The highest BCUT2D eigenvalue weighted by atomic mass is 16.5. The average molecular weight is 184 g/mol. The minimum Gasteiger partial charge on any atom is -0.462 e. The van der Waals surface area contributed by atoms with Gasteiger partial charge < -0.3 is 4.74 Å². The van der Waals surface area contributed by atoms with Crippen molar-refractivity contribution in [3.05, 3.63) is 12.2 Å². The summed E-state index contributed by atoms with van der Waals surface area (Å²) in [5.74, 6) is -0.285. The number of carbonyl (C=O) groups excluding carboxylic acids is 1. The monoisotopic (exact) mass is 184 g/mol. The fourth-order valence-electron chi connectivity index (χ4n) is 0.720. The average Bonchev–Trinajstić information content (AvgIpc) is 2.04. The van der Waals surface area contributed by atoms with Gasteiger partial charge in [0, 0.05) is 5.57 Å². The highest BCUT2D eigenvalue weighted by Crippen LogP contribution is 2.24. The van der Waals surface area contributed by atoms with Crippen LogP contribution < -0.4 is 0 Å². The molecule has 0 aliphatic rings. The second-order valence-electron chi connectivity index (χ2n) is 4.18. The van der Waals surface area contributed by atoms with E-state index in [0.717, 1.165) is 12.8 Å². The molecule has 13 heavy (non-hydrogen) atoms. The molecule has 76 valence electrons. The van der Waals surface area contributed by atoms with Gasteiger partial charge in [-0.3, -0.25) is 0 Å². The Labute approximate surface area is 81.0 Å². The molecule has 0 spiro atoms. The lowest BCUT2D eigenvalue weighted by atomic mass is 9.87. The van der Waals surface area contributed by atoms with Crippen LogP contribution in [0.3, 0.4) is 0 Å². The number of rotatable bonds is 5. The predicted octanol–water partition coefficient (Wildman–Crippen LogP) is 2.93. The van der Waals surface area contributed by atoms with Crippen molar-refractivity contribution in [2.75, 3.05) is 6.61 Å². The normalized spacial score (nSPS) is 11.1. The van der Waals surface area contributed by atoms with Gasteiger partial charge >= 0.3 is 5.97 Å². The third kappa shape index (κ3) is 5.45. The Morgan fingerprint density at radius 3 is 2.38 bits per heavy atom. The summed E-state index contributed by atoms with van der Waals surface area (Å²) >= 11 is 0. The molecular formula is C11H20O2. The van der Waals surface area contributed by atoms with E-state index in [4.69, 9.17) is 4.74 Å². The molecule has 0 aromatic carbocycles. The number of esters is 1. The molecule has 0 heterocycles. The van der Waals surface area contributed by atoms with Crippen LogP contribution in [0.1, 0.15) is 40.5 Å². The Balaban J connectivity index is 3.68. The smallest absolute Gasteiger partial charge is 0.333 e. The van der Waals surface area contributed by atoms with Gasteiger partial charge in [0.15, 0.2) is 0 Å². The molecule has 0 aliphatic heterocycles. The molecule has 0 rings (SSSR count). The van der Waals surface area contributed by atoms with Crippen molar-refractivity contribution in [2.45, 2.75) is 40.5 Å². The van der Waals surface area contributed by atoms with Gasteiger partial charge in [0.2, 0.25) is 0 Å². The first kappa shape index (κ1) is 12.2. The fourth-order valence-corrected chi connectivity index (χ4v) is 0.720. The molecule has 0 fully saturated rings. The third-order valence-electron chi connectivity index (χ3n) is 2.32. The van der Waals surface area contributed by atoms with Crippen LogP contribution >= 0.6 is 0 Å². The van der Waals surface area contributed by atoms with E-state index < -0.39 is 0 Å². The highest BCUT2D eigenvalue weighted by molar-refractivity contribution is 5.86. The lowest BCUT2D eigenvalue weighted by molar-refractivity contribution is -0.139. The van der Waals surface area contributed by atoms with Gasteiger partial charge in [-0.05, 0) is 18.8 Å². The largest absolute Gasteiger partial charge is 0.462 e. The second-order valence-corrected chi connectivity index (χ2v) is 4.18. The summed E-state index contributed by atoms with van der Waals surface area (Å²) in [6, 6.07) is 0. The lowest BCUT2D eigenvalue weighted by Crippen LogP contribution is -2.15. The number of carbonyl (C=O) groups is 1. The van der Waals surface area contributed by atoms with E-state index in [-0.39, 0.29) is 11.4 Å². The summed E-state index contributed by atoms with van der Waals surface area (Å²) in [5, 5.41) is 0. The zero-order chi connectivity index (χ0) is 10.5. The van der Waals surface area contributed by atoms with Crippen molar-refractivity contribution in [2.24, 2.45) is 5.41 Å². The SMILES string of the molecule is C=C(C)C(=O)OCCC(C)(C)CC. The second kappa shape index (κ2) is 5.05. The molecular weight excluding hydrogens is 164 g/mol. The Morgan fingerprint density at radius 2 is 2.00 bits per heavy atom. The topological polar surface area (TPSA) is 26.3 Å². The maximum atomic E-state index is 11.0. The quantitative estimate of drug-likeness (QED) is 0.485. The molecule has 0 aromatic rings. The first-order chi connectivity index (χ1) is 5.89. The van der Waals surface area contributed by atoms with E-state index >= 15 is 0 Å². The molecule has 2 nitrogen and oxygen atoms in total. The molecule has 0 atom stereocenters. The zero-order valence-corrected chi connectivity index (χ0v) is 9.14. The highest BCUT2D eigenvalue weighted by Gasteiger charge is 2.15. The molecule has 0 N–H and O–H groups in total. The standard InChI is InChI=1S/C11H20O2/c1-6-11(4,5)7-8-13-10(12)9(2)3/h2,6-8H2,1,3-5H3. The molecule has 0 saturated carbocycles. The van der Waals surface area contributed by atoms with Crippen molar-refractivity contribution < 1.29 is 9.53 Å². The van der Waals surface area contributed by atoms with E-state index in [0.29, 0.717) is 12.2 Å². The van der Waals surface area contributed by atoms with Crippen LogP contribution in [0.25, 0.3) is 0 Å². The van der Waals surface area contributed by atoms with Gasteiger partial charge in [-0.15, -0.1) is 0 Å². The van der Waals surface area contributed by atoms with Gasteiger partial charge in [0.05, 0.1) is 6.61 Å². The summed E-state index contributed by atoms with van der Waals surface area (Å²) in [6.07, 6.45) is 2.00. The number of ether oxygens (including phenoxy) is 1. The van der Waals surface area contributed by atoms with Gasteiger partial charge in [-0.25, -0.2) is 4.79 Å². The van der Waals surface area contributed by atoms with Gasteiger partial charge in [0.25, 0.3) is 0 Å². The van der Waals surface area contributed by atoms with E-state index in [1.807, 2.05) is 0 Å². The maximum absolute atomic E-state index is 11.0. The number of hydrogen-bond donors (Lipinski definition) is 0. The molecule has 0 radical (unpaired) electrons. The van der Waals surface area contributed by atoms with E-state index in [1.165, 1.54) is 0 Å². The lowest BCUT2D eigenvalue weighted by Gasteiger charge is -2.21. The zero-order valence-electron chi connectivity index (χ0n) is 9.14. The Bertz CT molecular complexity index is 192. The van der Waals surface area contributed by atoms with Crippen molar-refractivity contribution >= 4 is 5.97 Å². The minimum atomic E-state index is -0.285. The summed E-state index contributed by atoms with van der Waals surface area (Å²) < 4.78 is 5.00. The van der Waals surface area contributed by atoms with Crippen molar-refractivity contribution in [3.63, 3.8) is 0 Å². The van der Waals surface area contributed by atoms with Crippen LogP contribution in [0.4, 0.5) is 0 Å². The van der Waals surface area contributed by atoms with Gasteiger partial charge in [-0.2, -0.15) is 0 Å². The van der Waals surface area contributed by atoms with Gasteiger partial charge in [-0.1, -0.05) is 33.8 Å². The van der Waals surface area contributed by atoms with Crippen molar-refractivity contribution in [1.29, 1.82) is 0 Å². The van der Waals surface area contributed by atoms with Crippen LogP contribution in [-0.2, 0) is 9.53 Å². The molecule has 0 saturated heterocycles. The van der Waals surface area contributed by atoms with Gasteiger partial charge in [0.1, 0.15) is 0 Å². The molecule has 0 aliphatic carbocycles. The van der Waals surface area contributed by atoms with Crippen molar-refractivity contribution in [3.8, 4) is 0 Å². The molecule has 2 heteroatoms. The first-order valence-electron chi connectivity index (χ1n) is 4.71. The number of hydrogen-bond acceptors (Lipinski definition) is 2. The van der Waals surface area contributed by atoms with Crippen LogP contribution in [-0.4, -0.2) is 12.6 Å². The fraction of sp³-hybridized carbons (Fsp3) is 0.727. The van der Waals surface area contributed by atoms with E-state index in [1.54, 1.807) is 6.92 Å². The predicted molar refractivity (Wildman–Crippen MR) is 54.5 cm³/mol. The Kier molecular flexibility index (Phi) is 4.74. The van der Waals surface area contributed by atoms with E-state index in [9.17, 15) is 4.79 Å². The van der Waals surface area contributed by atoms with Crippen LogP contribution in [0.5, 0.6) is 0 Å². The molecule has 0 amide bonds. The summed E-state index contributed by atoms with van der Waals surface area (Å²) in [6.45, 7) is 12.1.